The molecule has 1 heterocycles. The zero-order valence-electron chi connectivity index (χ0n) is 16.8. The molecule has 0 saturated heterocycles. The van der Waals surface area contributed by atoms with Crippen LogP contribution in [0.2, 0.25) is 0 Å². The maximum absolute atomic E-state index is 5.59. The smallest absolute Gasteiger partial charge is 0.216 e. The van der Waals surface area contributed by atoms with Gasteiger partial charge in [-0.2, -0.15) is 11.8 Å². The Kier molecular flexibility index (Phi) is 7.37. The molecule has 0 unspecified atom stereocenters. The number of aromatic nitrogens is 1. The fourth-order valence-corrected chi connectivity index (χ4v) is 3.80. The van der Waals surface area contributed by atoms with Crippen LogP contribution in [0.4, 0.5) is 0 Å². The first kappa shape index (κ1) is 20.3. The van der Waals surface area contributed by atoms with Gasteiger partial charge in [0.05, 0.1) is 5.69 Å². The van der Waals surface area contributed by atoms with Crippen molar-refractivity contribution in [2.45, 2.75) is 33.1 Å². The summed E-state index contributed by atoms with van der Waals surface area (Å²) >= 11 is 1.92. The van der Waals surface area contributed by atoms with Crippen LogP contribution in [0.1, 0.15) is 29.8 Å². The van der Waals surface area contributed by atoms with Crippen molar-refractivity contribution in [2.75, 3.05) is 18.8 Å². The molecule has 0 radical (unpaired) electrons. The molecule has 0 aliphatic carbocycles. The van der Waals surface area contributed by atoms with Gasteiger partial charge in [-0.3, -0.25) is 0 Å². The third-order valence-corrected chi connectivity index (χ3v) is 5.47. The maximum atomic E-state index is 5.59. The lowest BCUT2D eigenvalue weighted by Gasteiger charge is -2.11. The summed E-state index contributed by atoms with van der Waals surface area (Å²) in [6.45, 7) is 8.04. The molecule has 0 bridgehead atoms. The van der Waals surface area contributed by atoms with Gasteiger partial charge in [0.15, 0.2) is 5.96 Å². The molecular weight excluding hydrogens is 368 g/mol. The minimum atomic E-state index is 0.438. The molecule has 2 N–H and O–H groups in total. The standard InChI is InChI=1S/C22H28N4OS/c1-4-23-22(25-14-21-26-16(2)17(3)27-21)24-12-13-28-15-19-10-7-9-18-8-5-6-11-20(18)19/h5-11H,4,12-15H2,1-3H3,(H2,23,24,25). The van der Waals surface area contributed by atoms with E-state index < -0.39 is 0 Å². The molecule has 1 aromatic heterocycles. The predicted octanol–water partition coefficient (Wildman–Crippen LogP) is 4.43. The number of nitrogens with zero attached hydrogens (tertiary/aromatic N) is 2. The highest BCUT2D eigenvalue weighted by Gasteiger charge is 2.05. The summed E-state index contributed by atoms with van der Waals surface area (Å²) < 4.78 is 5.59. The summed E-state index contributed by atoms with van der Waals surface area (Å²) in [7, 11) is 0. The number of nitrogens with one attached hydrogen (secondary N) is 2. The molecular formula is C22H28N4OS. The van der Waals surface area contributed by atoms with Crippen molar-refractivity contribution < 1.29 is 4.42 Å². The first-order chi connectivity index (χ1) is 13.7. The van der Waals surface area contributed by atoms with E-state index in [1.54, 1.807) is 0 Å². The van der Waals surface area contributed by atoms with Crippen LogP contribution in [-0.4, -0.2) is 29.8 Å². The van der Waals surface area contributed by atoms with Gasteiger partial charge in [-0.25, -0.2) is 9.98 Å². The van der Waals surface area contributed by atoms with Gasteiger partial charge in [-0.15, -0.1) is 0 Å². The van der Waals surface area contributed by atoms with E-state index in [-0.39, 0.29) is 0 Å². The van der Waals surface area contributed by atoms with Crippen molar-refractivity contribution in [3.63, 3.8) is 0 Å². The first-order valence-corrected chi connectivity index (χ1v) is 10.8. The molecule has 0 aliphatic heterocycles. The molecule has 3 rings (SSSR count). The van der Waals surface area contributed by atoms with Gasteiger partial charge in [-0.05, 0) is 37.1 Å². The quantitative estimate of drug-likeness (QED) is 0.335. The van der Waals surface area contributed by atoms with Crippen LogP contribution >= 0.6 is 11.8 Å². The van der Waals surface area contributed by atoms with Crippen LogP contribution in [-0.2, 0) is 12.3 Å². The largest absolute Gasteiger partial charge is 0.444 e. The Labute approximate surface area is 171 Å². The average Bonchev–Trinajstić information content (AvgIpc) is 3.03. The minimum absolute atomic E-state index is 0.438. The van der Waals surface area contributed by atoms with Crippen molar-refractivity contribution in [2.24, 2.45) is 4.99 Å². The predicted molar refractivity (Wildman–Crippen MR) is 119 cm³/mol. The number of oxazole rings is 1. The molecule has 0 amide bonds. The molecule has 148 valence electrons. The lowest BCUT2D eigenvalue weighted by molar-refractivity contribution is 0.473. The average molecular weight is 397 g/mol. The van der Waals surface area contributed by atoms with Crippen molar-refractivity contribution in [1.82, 2.24) is 15.6 Å². The third-order valence-electron chi connectivity index (χ3n) is 4.47. The Morgan fingerprint density at radius 1 is 1.11 bits per heavy atom. The van der Waals surface area contributed by atoms with E-state index in [9.17, 15) is 0 Å². The van der Waals surface area contributed by atoms with E-state index in [0.717, 1.165) is 42.0 Å². The van der Waals surface area contributed by atoms with Crippen LogP contribution < -0.4 is 10.6 Å². The van der Waals surface area contributed by atoms with E-state index in [0.29, 0.717) is 12.4 Å². The number of benzene rings is 2. The minimum Gasteiger partial charge on any atom is -0.444 e. The van der Waals surface area contributed by atoms with Crippen molar-refractivity contribution >= 4 is 28.5 Å². The summed E-state index contributed by atoms with van der Waals surface area (Å²) in [6, 6.07) is 15.1. The number of fused-ring (bicyclic) bond motifs is 1. The van der Waals surface area contributed by atoms with Crippen LogP contribution in [0.5, 0.6) is 0 Å². The number of aryl methyl sites for hydroxylation is 2. The Balaban J connectivity index is 1.47. The van der Waals surface area contributed by atoms with E-state index in [2.05, 4.69) is 70.0 Å². The van der Waals surface area contributed by atoms with Gasteiger partial charge in [-0.1, -0.05) is 42.5 Å². The summed E-state index contributed by atoms with van der Waals surface area (Å²) in [6.07, 6.45) is 0. The molecule has 3 aromatic rings. The highest BCUT2D eigenvalue weighted by Crippen LogP contribution is 2.22. The summed E-state index contributed by atoms with van der Waals surface area (Å²) in [5.41, 5.74) is 2.31. The molecule has 5 nitrogen and oxygen atoms in total. The van der Waals surface area contributed by atoms with Crippen LogP contribution in [0.3, 0.4) is 0 Å². The van der Waals surface area contributed by atoms with Gasteiger partial charge >= 0.3 is 0 Å². The monoisotopic (exact) mass is 396 g/mol. The second-order valence-corrected chi connectivity index (χ2v) is 7.67. The molecule has 0 spiro atoms. The zero-order valence-corrected chi connectivity index (χ0v) is 17.6. The van der Waals surface area contributed by atoms with Gasteiger partial charge in [0, 0.05) is 24.6 Å². The van der Waals surface area contributed by atoms with Gasteiger partial charge in [0.25, 0.3) is 0 Å². The lowest BCUT2D eigenvalue weighted by atomic mass is 10.1. The maximum Gasteiger partial charge on any atom is 0.216 e. The SMILES string of the molecule is CCNC(=NCc1nc(C)c(C)o1)NCCSCc1cccc2ccccc12. The van der Waals surface area contributed by atoms with Gasteiger partial charge < -0.3 is 15.1 Å². The van der Waals surface area contributed by atoms with E-state index in [4.69, 9.17) is 4.42 Å². The molecule has 0 saturated carbocycles. The number of thioether (sulfide) groups is 1. The third kappa shape index (κ3) is 5.52. The first-order valence-electron chi connectivity index (χ1n) is 9.67. The Hall–Kier alpha value is -2.47. The summed E-state index contributed by atoms with van der Waals surface area (Å²) in [5, 5.41) is 9.30. The number of hydrogen-bond acceptors (Lipinski definition) is 4. The molecule has 6 heteroatoms. The molecule has 0 fully saturated rings. The highest BCUT2D eigenvalue weighted by molar-refractivity contribution is 7.98. The van der Waals surface area contributed by atoms with Crippen LogP contribution in [0, 0.1) is 13.8 Å². The zero-order chi connectivity index (χ0) is 19.8. The molecule has 2 aromatic carbocycles. The van der Waals surface area contributed by atoms with E-state index in [1.165, 1.54) is 16.3 Å². The second-order valence-electron chi connectivity index (χ2n) is 6.56. The van der Waals surface area contributed by atoms with Crippen LogP contribution in [0.15, 0.2) is 51.9 Å². The fourth-order valence-electron chi connectivity index (χ4n) is 2.94. The van der Waals surface area contributed by atoms with Gasteiger partial charge in [0.1, 0.15) is 12.3 Å². The van der Waals surface area contributed by atoms with Crippen LogP contribution in [0.25, 0.3) is 10.8 Å². The number of aliphatic imine (C=N–C) groups is 1. The topological polar surface area (TPSA) is 62.5 Å². The number of hydrogen-bond donors (Lipinski definition) is 2. The van der Waals surface area contributed by atoms with Crippen molar-refractivity contribution in [3.8, 4) is 0 Å². The molecule has 0 aliphatic rings. The van der Waals surface area contributed by atoms with Gasteiger partial charge in [0.2, 0.25) is 5.89 Å². The van der Waals surface area contributed by atoms with E-state index in [1.807, 2.05) is 25.6 Å². The molecule has 0 atom stereocenters. The fraction of sp³-hybridized carbons (Fsp3) is 0.364. The number of rotatable bonds is 8. The highest BCUT2D eigenvalue weighted by atomic mass is 32.2. The summed E-state index contributed by atoms with van der Waals surface area (Å²) in [5.74, 6) is 4.31. The summed E-state index contributed by atoms with van der Waals surface area (Å²) in [4.78, 5) is 8.94. The number of guanidine groups is 1. The Bertz CT molecular complexity index is 910. The van der Waals surface area contributed by atoms with Crippen molar-refractivity contribution in [3.05, 3.63) is 65.4 Å². The molecule has 28 heavy (non-hydrogen) atoms. The van der Waals surface area contributed by atoms with Crippen molar-refractivity contribution in [1.29, 1.82) is 0 Å². The lowest BCUT2D eigenvalue weighted by Crippen LogP contribution is -2.38. The Morgan fingerprint density at radius 2 is 1.93 bits per heavy atom. The van der Waals surface area contributed by atoms with E-state index >= 15 is 0 Å². The normalized spacial score (nSPS) is 11.8. The second kappa shape index (κ2) is 10.2. The Morgan fingerprint density at radius 3 is 2.71 bits per heavy atom.